The second kappa shape index (κ2) is 9.55. The molecule has 0 atom stereocenters. The molecular weight excluding hydrogens is 449 g/mol. The van der Waals surface area contributed by atoms with Crippen molar-refractivity contribution in [1.82, 2.24) is 0 Å². The first-order chi connectivity index (χ1) is 12.2. The highest BCUT2D eigenvalue weighted by Gasteiger charge is 2.37. The first kappa shape index (κ1) is 24.2. The lowest BCUT2D eigenvalue weighted by molar-refractivity contribution is -0.106. The quantitative estimate of drug-likeness (QED) is 0.271. The number of rotatable bonds is 9. The third-order valence-electron chi connectivity index (χ3n) is 2.99. The van der Waals surface area contributed by atoms with E-state index < -0.39 is 48.8 Å². The van der Waals surface area contributed by atoms with Crippen LogP contribution in [0.4, 0.5) is 30.7 Å². The van der Waals surface area contributed by atoms with E-state index in [2.05, 4.69) is 0 Å². The van der Waals surface area contributed by atoms with Crippen molar-refractivity contribution >= 4 is 33.2 Å². The maximum atomic E-state index is 13.8. The van der Waals surface area contributed by atoms with Gasteiger partial charge < -0.3 is 4.74 Å². The van der Waals surface area contributed by atoms with Gasteiger partial charge >= 0.3 is 11.7 Å². The minimum absolute atomic E-state index is 0.154. The van der Waals surface area contributed by atoms with Crippen LogP contribution in [0.5, 0.6) is 5.75 Å². The second-order valence-electron chi connectivity index (χ2n) is 5.29. The Morgan fingerprint density at radius 1 is 1.04 bits per heavy atom. The second-order valence-corrected chi connectivity index (χ2v) is 8.82. The van der Waals surface area contributed by atoms with Gasteiger partial charge in [0.1, 0.15) is 0 Å². The summed E-state index contributed by atoms with van der Waals surface area (Å²) in [6.07, 6.45) is -4.21. The van der Waals surface area contributed by atoms with Crippen LogP contribution in [0, 0.1) is 5.82 Å². The minimum atomic E-state index is -5.01. The van der Waals surface area contributed by atoms with E-state index in [9.17, 15) is 39.2 Å². The fourth-order valence-corrected chi connectivity index (χ4v) is 4.22. The molecule has 0 saturated carbocycles. The standard InChI is InChI=1S/C14H14ClF7O3S2/c15-9-6-10(16)11(7-12(9)27(23,24)8-13(17,18)19)25-4-2-1-3-5-26-14(20,21)22/h6-7H,1-5,8H2. The van der Waals surface area contributed by atoms with E-state index in [1.54, 1.807) is 0 Å². The van der Waals surface area contributed by atoms with Crippen molar-refractivity contribution in [2.75, 3.05) is 18.1 Å². The lowest BCUT2D eigenvalue weighted by atomic mass is 10.2. The van der Waals surface area contributed by atoms with Gasteiger partial charge in [-0.1, -0.05) is 23.4 Å². The summed E-state index contributed by atoms with van der Waals surface area (Å²) in [5.74, 6) is -4.00. The lowest BCUT2D eigenvalue weighted by Crippen LogP contribution is -2.23. The predicted molar refractivity (Wildman–Crippen MR) is 87.4 cm³/mol. The minimum Gasteiger partial charge on any atom is -0.490 e. The molecule has 0 N–H and O–H groups in total. The molecule has 0 aliphatic heterocycles. The molecule has 0 bridgehead atoms. The molecule has 0 aliphatic rings. The van der Waals surface area contributed by atoms with E-state index >= 15 is 0 Å². The van der Waals surface area contributed by atoms with Crippen LogP contribution in [0.2, 0.25) is 5.02 Å². The molecule has 13 heteroatoms. The molecule has 3 nitrogen and oxygen atoms in total. The zero-order valence-corrected chi connectivity index (χ0v) is 15.9. The predicted octanol–water partition coefficient (Wildman–Crippen LogP) is 5.62. The van der Waals surface area contributed by atoms with E-state index in [-0.39, 0.29) is 37.0 Å². The van der Waals surface area contributed by atoms with Crippen LogP contribution in [0.25, 0.3) is 0 Å². The molecule has 0 heterocycles. The number of hydrogen-bond acceptors (Lipinski definition) is 4. The summed E-state index contributed by atoms with van der Waals surface area (Å²) < 4.78 is 115. The Morgan fingerprint density at radius 3 is 2.22 bits per heavy atom. The summed E-state index contributed by atoms with van der Waals surface area (Å²) in [6.45, 7) is -0.159. The van der Waals surface area contributed by atoms with Crippen molar-refractivity contribution in [1.29, 1.82) is 0 Å². The van der Waals surface area contributed by atoms with Crippen molar-refractivity contribution in [2.24, 2.45) is 0 Å². The molecule has 0 spiro atoms. The Morgan fingerprint density at radius 2 is 1.67 bits per heavy atom. The molecule has 1 aromatic rings. The van der Waals surface area contributed by atoms with Gasteiger partial charge in [-0.15, -0.1) is 0 Å². The summed E-state index contributed by atoms with van der Waals surface area (Å²) in [5.41, 5.74) is -4.32. The molecule has 0 fully saturated rings. The van der Waals surface area contributed by atoms with E-state index in [1.165, 1.54) is 0 Å². The van der Waals surface area contributed by atoms with Crippen LogP contribution in [-0.2, 0) is 9.84 Å². The van der Waals surface area contributed by atoms with Gasteiger partial charge in [0.05, 0.1) is 16.5 Å². The molecule has 0 unspecified atom stereocenters. The summed E-state index contributed by atoms with van der Waals surface area (Å²) in [6, 6.07) is 1.10. The SMILES string of the molecule is O=S(=O)(CC(F)(F)F)c1cc(OCCCCCSC(F)(F)F)c(F)cc1Cl. The van der Waals surface area contributed by atoms with Gasteiger partial charge in [-0.2, -0.15) is 26.3 Å². The van der Waals surface area contributed by atoms with Crippen molar-refractivity contribution in [3.8, 4) is 5.75 Å². The molecule has 27 heavy (non-hydrogen) atoms. The van der Waals surface area contributed by atoms with Crippen molar-refractivity contribution in [3.05, 3.63) is 23.0 Å². The average Bonchev–Trinajstić information content (AvgIpc) is 2.44. The van der Waals surface area contributed by atoms with Gasteiger partial charge in [-0.3, -0.25) is 0 Å². The zero-order chi connectivity index (χ0) is 20.9. The van der Waals surface area contributed by atoms with Crippen molar-refractivity contribution < 1.29 is 43.9 Å². The first-order valence-corrected chi connectivity index (χ1v) is 10.3. The van der Waals surface area contributed by atoms with Crippen LogP contribution >= 0.6 is 23.4 Å². The van der Waals surface area contributed by atoms with Gasteiger partial charge in [0.25, 0.3) is 0 Å². The summed E-state index contributed by atoms with van der Waals surface area (Å²) >= 11 is 5.36. The summed E-state index contributed by atoms with van der Waals surface area (Å²) in [7, 11) is -4.86. The molecule has 1 aromatic carbocycles. The molecule has 0 amide bonds. The van der Waals surface area contributed by atoms with Crippen LogP contribution in [0.15, 0.2) is 17.0 Å². The van der Waals surface area contributed by atoms with Crippen LogP contribution in [0.3, 0.4) is 0 Å². The number of alkyl halides is 6. The Balaban J connectivity index is 2.67. The van der Waals surface area contributed by atoms with E-state index in [0.717, 1.165) is 0 Å². The topological polar surface area (TPSA) is 43.4 Å². The molecule has 0 saturated heterocycles. The van der Waals surface area contributed by atoms with Crippen molar-refractivity contribution in [2.45, 2.75) is 35.8 Å². The highest BCUT2D eigenvalue weighted by atomic mass is 35.5. The Hall–Kier alpha value is -0.880. The first-order valence-electron chi connectivity index (χ1n) is 7.33. The van der Waals surface area contributed by atoms with Crippen LogP contribution in [0.1, 0.15) is 19.3 Å². The zero-order valence-electron chi connectivity index (χ0n) is 13.5. The number of hydrogen-bond donors (Lipinski definition) is 0. The fourth-order valence-electron chi connectivity index (χ4n) is 1.90. The van der Waals surface area contributed by atoms with Crippen LogP contribution < -0.4 is 4.74 Å². The third kappa shape index (κ3) is 9.24. The molecule has 0 aliphatic carbocycles. The number of benzene rings is 1. The average molecular weight is 463 g/mol. The van der Waals surface area contributed by atoms with Gasteiger partial charge in [0.2, 0.25) is 0 Å². The molecule has 1 rings (SSSR count). The van der Waals surface area contributed by atoms with Crippen LogP contribution in [-0.4, -0.2) is 38.2 Å². The van der Waals surface area contributed by atoms with E-state index in [4.69, 9.17) is 16.3 Å². The van der Waals surface area contributed by atoms with Gasteiger partial charge in [-0.25, -0.2) is 12.8 Å². The van der Waals surface area contributed by atoms with Gasteiger partial charge in [0.15, 0.2) is 27.2 Å². The Labute approximate surface area is 160 Å². The maximum absolute atomic E-state index is 13.8. The Bertz CT molecular complexity index is 733. The smallest absolute Gasteiger partial charge is 0.441 e. The largest absolute Gasteiger partial charge is 0.490 e. The third-order valence-corrected chi connectivity index (χ3v) is 5.95. The van der Waals surface area contributed by atoms with Crippen molar-refractivity contribution in [3.63, 3.8) is 0 Å². The van der Waals surface area contributed by atoms with E-state index in [0.29, 0.717) is 18.6 Å². The molecule has 0 aromatic heterocycles. The van der Waals surface area contributed by atoms with Gasteiger partial charge in [-0.05, 0) is 25.3 Å². The Kier molecular flexibility index (Phi) is 8.54. The van der Waals surface area contributed by atoms with E-state index in [1.807, 2.05) is 0 Å². The number of halogens is 8. The number of ether oxygens (including phenoxy) is 1. The highest BCUT2D eigenvalue weighted by Crippen LogP contribution is 2.33. The maximum Gasteiger partial charge on any atom is 0.441 e. The number of unbranched alkanes of at least 4 members (excludes halogenated alkanes) is 2. The molecule has 156 valence electrons. The number of thioether (sulfide) groups is 1. The van der Waals surface area contributed by atoms with Gasteiger partial charge in [0, 0.05) is 11.8 Å². The monoisotopic (exact) mass is 462 g/mol. The molecule has 0 radical (unpaired) electrons. The summed E-state index contributed by atoms with van der Waals surface area (Å²) in [4.78, 5) is -0.917. The summed E-state index contributed by atoms with van der Waals surface area (Å²) in [5, 5.41) is -0.715. The normalized spacial score (nSPS) is 13.0. The highest BCUT2D eigenvalue weighted by molar-refractivity contribution is 8.00. The molecular formula is C14H14ClF7O3S2. The fraction of sp³-hybridized carbons (Fsp3) is 0.571. The lowest BCUT2D eigenvalue weighted by Gasteiger charge is -2.13. The number of sulfone groups is 1.